The Kier molecular flexibility index (Phi) is 6.16. The van der Waals surface area contributed by atoms with Crippen molar-refractivity contribution in [3.63, 3.8) is 0 Å². The smallest absolute Gasteiger partial charge is 0.323 e. The predicted octanol–water partition coefficient (Wildman–Crippen LogP) is 3.13. The highest BCUT2D eigenvalue weighted by atomic mass is 16.5. The van der Waals surface area contributed by atoms with Crippen LogP contribution in [0.4, 0.5) is 0 Å². The Morgan fingerprint density at radius 1 is 1.38 bits per heavy atom. The molecule has 0 radical (unpaired) electrons. The molecule has 0 saturated heterocycles. The summed E-state index contributed by atoms with van der Waals surface area (Å²) in [4.78, 5) is 13.9. The van der Waals surface area contributed by atoms with Gasteiger partial charge in [0, 0.05) is 18.7 Å². The van der Waals surface area contributed by atoms with Crippen molar-refractivity contribution >= 4 is 5.97 Å². The molecule has 0 aromatic heterocycles. The molecule has 1 heterocycles. The Bertz CT molecular complexity index is 710. The quantitative estimate of drug-likeness (QED) is 0.779. The minimum absolute atomic E-state index is 0.214. The van der Waals surface area contributed by atoms with Crippen LogP contribution in [0.15, 0.2) is 54.4 Å². The second-order valence-electron chi connectivity index (χ2n) is 5.44. The standard InChI is InChI=1S/C19H19N3O2/c1-2-24-19(23)18(12-21)17-9-6-10-22(14-16(17)11-20)13-15-7-4-3-5-8-15/h3-8,10,14,17-18H,2,9,13H2,1H3. The first-order valence-electron chi connectivity index (χ1n) is 7.84. The summed E-state index contributed by atoms with van der Waals surface area (Å²) in [7, 11) is 0. The van der Waals surface area contributed by atoms with Gasteiger partial charge in [0.2, 0.25) is 0 Å². The number of carbonyl (C=O) groups excluding carboxylic acids is 1. The number of nitrogens with zero attached hydrogens (tertiary/aromatic N) is 3. The summed E-state index contributed by atoms with van der Waals surface area (Å²) in [6.07, 6.45) is 5.92. The topological polar surface area (TPSA) is 77.1 Å². The monoisotopic (exact) mass is 321 g/mol. The molecule has 1 aromatic carbocycles. The molecule has 0 spiro atoms. The van der Waals surface area contributed by atoms with Gasteiger partial charge in [-0.1, -0.05) is 36.4 Å². The van der Waals surface area contributed by atoms with Crippen LogP contribution in [0.1, 0.15) is 18.9 Å². The van der Waals surface area contributed by atoms with Crippen LogP contribution in [0.25, 0.3) is 0 Å². The van der Waals surface area contributed by atoms with E-state index in [9.17, 15) is 15.3 Å². The molecule has 24 heavy (non-hydrogen) atoms. The lowest BCUT2D eigenvalue weighted by Crippen LogP contribution is -2.25. The molecule has 0 N–H and O–H groups in total. The third kappa shape index (κ3) is 4.24. The van der Waals surface area contributed by atoms with Gasteiger partial charge in [-0.3, -0.25) is 4.79 Å². The number of esters is 1. The van der Waals surface area contributed by atoms with Gasteiger partial charge in [0.05, 0.1) is 24.3 Å². The van der Waals surface area contributed by atoms with Crippen molar-refractivity contribution in [3.05, 3.63) is 59.9 Å². The Labute approximate surface area is 142 Å². The van der Waals surface area contributed by atoms with Crippen molar-refractivity contribution in [1.82, 2.24) is 4.90 Å². The number of benzene rings is 1. The van der Waals surface area contributed by atoms with E-state index in [1.807, 2.05) is 53.6 Å². The lowest BCUT2D eigenvalue weighted by atomic mass is 9.85. The van der Waals surface area contributed by atoms with Crippen LogP contribution in [0, 0.1) is 34.5 Å². The zero-order chi connectivity index (χ0) is 17.4. The van der Waals surface area contributed by atoms with Crippen molar-refractivity contribution in [2.75, 3.05) is 6.61 Å². The Morgan fingerprint density at radius 3 is 2.75 bits per heavy atom. The highest BCUT2D eigenvalue weighted by Crippen LogP contribution is 2.29. The fourth-order valence-corrected chi connectivity index (χ4v) is 2.65. The molecular weight excluding hydrogens is 302 g/mol. The molecule has 2 unspecified atom stereocenters. The summed E-state index contributed by atoms with van der Waals surface area (Å²) in [6, 6.07) is 14.0. The first-order chi connectivity index (χ1) is 11.7. The molecule has 1 aromatic rings. The molecule has 2 atom stereocenters. The van der Waals surface area contributed by atoms with Gasteiger partial charge in [-0.25, -0.2) is 0 Å². The van der Waals surface area contributed by atoms with Crippen LogP contribution in [-0.4, -0.2) is 17.5 Å². The third-order valence-electron chi connectivity index (χ3n) is 3.81. The number of hydrogen-bond acceptors (Lipinski definition) is 5. The van der Waals surface area contributed by atoms with E-state index in [0.717, 1.165) is 5.56 Å². The molecule has 0 saturated carbocycles. The molecular formula is C19H19N3O2. The first-order valence-corrected chi connectivity index (χ1v) is 7.84. The van der Waals surface area contributed by atoms with Gasteiger partial charge in [-0.05, 0) is 25.1 Å². The maximum atomic E-state index is 12.0. The number of ether oxygens (including phenoxy) is 1. The van der Waals surface area contributed by atoms with Crippen LogP contribution in [0.2, 0.25) is 0 Å². The van der Waals surface area contributed by atoms with Gasteiger partial charge < -0.3 is 9.64 Å². The molecule has 0 fully saturated rings. The molecule has 2 rings (SSSR count). The lowest BCUT2D eigenvalue weighted by molar-refractivity contribution is -0.147. The largest absolute Gasteiger partial charge is 0.465 e. The fraction of sp³-hybridized carbons (Fsp3) is 0.316. The third-order valence-corrected chi connectivity index (χ3v) is 3.81. The van der Waals surface area contributed by atoms with E-state index in [1.165, 1.54) is 0 Å². The summed E-state index contributed by atoms with van der Waals surface area (Å²) in [5, 5.41) is 18.8. The maximum Gasteiger partial charge on any atom is 0.323 e. The van der Waals surface area contributed by atoms with E-state index < -0.39 is 17.8 Å². The summed E-state index contributed by atoms with van der Waals surface area (Å²) in [5.41, 5.74) is 1.52. The molecule has 0 aliphatic carbocycles. The van der Waals surface area contributed by atoms with E-state index in [2.05, 4.69) is 6.07 Å². The summed E-state index contributed by atoms with van der Waals surface area (Å²) >= 11 is 0. The zero-order valence-corrected chi connectivity index (χ0v) is 13.6. The summed E-state index contributed by atoms with van der Waals surface area (Å²) < 4.78 is 4.97. The van der Waals surface area contributed by atoms with Crippen LogP contribution in [-0.2, 0) is 16.1 Å². The van der Waals surface area contributed by atoms with Crippen molar-refractivity contribution < 1.29 is 9.53 Å². The van der Waals surface area contributed by atoms with Crippen molar-refractivity contribution in [1.29, 1.82) is 10.5 Å². The minimum Gasteiger partial charge on any atom is -0.465 e. The normalized spacial score (nSPS) is 17.9. The molecule has 0 bridgehead atoms. The molecule has 1 aliphatic heterocycles. The average Bonchev–Trinajstić information content (AvgIpc) is 2.79. The van der Waals surface area contributed by atoms with Crippen molar-refractivity contribution in [2.45, 2.75) is 19.9 Å². The molecule has 5 heteroatoms. The van der Waals surface area contributed by atoms with E-state index in [-0.39, 0.29) is 6.61 Å². The van der Waals surface area contributed by atoms with Gasteiger partial charge in [0.25, 0.3) is 0 Å². The average molecular weight is 321 g/mol. The molecule has 5 nitrogen and oxygen atoms in total. The first kappa shape index (κ1) is 17.3. The van der Waals surface area contributed by atoms with Gasteiger partial charge >= 0.3 is 5.97 Å². The van der Waals surface area contributed by atoms with Crippen LogP contribution < -0.4 is 0 Å². The van der Waals surface area contributed by atoms with Gasteiger partial charge in [-0.15, -0.1) is 0 Å². The number of nitriles is 2. The van der Waals surface area contributed by atoms with Gasteiger partial charge in [0.1, 0.15) is 0 Å². The maximum absolute atomic E-state index is 12.0. The zero-order valence-electron chi connectivity index (χ0n) is 13.6. The van der Waals surface area contributed by atoms with E-state index in [1.54, 1.807) is 13.1 Å². The number of rotatable bonds is 5. The number of hydrogen-bond donors (Lipinski definition) is 0. The molecule has 1 aliphatic rings. The second-order valence-corrected chi connectivity index (χ2v) is 5.44. The van der Waals surface area contributed by atoms with Crippen molar-refractivity contribution in [3.8, 4) is 12.1 Å². The lowest BCUT2D eigenvalue weighted by Gasteiger charge is -2.19. The molecule has 0 amide bonds. The van der Waals surface area contributed by atoms with Crippen LogP contribution in [0.3, 0.4) is 0 Å². The Hall–Kier alpha value is -3.05. The summed E-state index contributed by atoms with van der Waals surface area (Å²) in [5.74, 6) is -2.04. The number of allylic oxidation sites excluding steroid dienone is 2. The summed E-state index contributed by atoms with van der Waals surface area (Å²) in [6.45, 7) is 2.53. The fourth-order valence-electron chi connectivity index (χ4n) is 2.65. The van der Waals surface area contributed by atoms with E-state index >= 15 is 0 Å². The van der Waals surface area contributed by atoms with Crippen LogP contribution in [0.5, 0.6) is 0 Å². The van der Waals surface area contributed by atoms with Crippen molar-refractivity contribution in [2.24, 2.45) is 11.8 Å². The number of carbonyl (C=O) groups is 1. The van der Waals surface area contributed by atoms with E-state index in [4.69, 9.17) is 4.74 Å². The predicted molar refractivity (Wildman–Crippen MR) is 88.7 cm³/mol. The van der Waals surface area contributed by atoms with Gasteiger partial charge in [-0.2, -0.15) is 10.5 Å². The second kappa shape index (κ2) is 8.55. The molecule has 122 valence electrons. The van der Waals surface area contributed by atoms with Gasteiger partial charge in [0.15, 0.2) is 5.92 Å². The highest BCUT2D eigenvalue weighted by Gasteiger charge is 2.33. The SMILES string of the molecule is CCOC(=O)C(C#N)C1CC=CN(Cc2ccccc2)C=C1C#N. The highest BCUT2D eigenvalue weighted by molar-refractivity contribution is 5.76. The Balaban J connectivity index is 2.23. The van der Waals surface area contributed by atoms with Crippen LogP contribution >= 0.6 is 0 Å². The van der Waals surface area contributed by atoms with E-state index in [0.29, 0.717) is 18.5 Å². The Morgan fingerprint density at radius 2 is 2.12 bits per heavy atom. The minimum atomic E-state index is -0.975.